The Bertz CT molecular complexity index is 955. The standard InChI is InChI=1S/C26H28BrN/c1-17(2)23-10-7-11-24(18(3)4)26(23)28-25(20-14-12-19(5)13-15-20)21-8-6-9-22(27)16-21/h6-18H,1-5H3/b28-25+. The van der Waals surface area contributed by atoms with Crippen LogP contribution in [0.15, 0.2) is 76.2 Å². The summed E-state index contributed by atoms with van der Waals surface area (Å²) in [6.45, 7) is 11.1. The van der Waals surface area contributed by atoms with Crippen molar-refractivity contribution in [2.45, 2.75) is 46.5 Å². The van der Waals surface area contributed by atoms with Crippen LogP contribution in [0.3, 0.4) is 0 Å². The summed E-state index contributed by atoms with van der Waals surface area (Å²) in [6, 6.07) is 23.6. The molecule has 0 aliphatic heterocycles. The second-order valence-corrected chi connectivity index (χ2v) is 8.85. The highest BCUT2D eigenvalue weighted by atomic mass is 79.9. The lowest BCUT2D eigenvalue weighted by Crippen LogP contribution is -2.05. The first-order valence-corrected chi connectivity index (χ1v) is 10.7. The molecule has 2 heteroatoms. The third-order valence-electron chi connectivity index (χ3n) is 4.99. The Balaban J connectivity index is 2.30. The molecule has 0 unspecified atom stereocenters. The van der Waals surface area contributed by atoms with Gasteiger partial charge in [-0.25, -0.2) is 4.99 Å². The van der Waals surface area contributed by atoms with Crippen LogP contribution in [0.2, 0.25) is 0 Å². The van der Waals surface area contributed by atoms with Crippen molar-refractivity contribution in [1.29, 1.82) is 0 Å². The van der Waals surface area contributed by atoms with Gasteiger partial charge in [-0.05, 0) is 42.0 Å². The smallest absolute Gasteiger partial charge is 0.0782 e. The second kappa shape index (κ2) is 8.87. The number of hydrogen-bond donors (Lipinski definition) is 0. The van der Waals surface area contributed by atoms with E-state index in [1.165, 1.54) is 16.7 Å². The molecule has 144 valence electrons. The summed E-state index contributed by atoms with van der Waals surface area (Å²) >= 11 is 3.62. The van der Waals surface area contributed by atoms with E-state index in [2.05, 4.69) is 117 Å². The molecule has 3 rings (SSSR count). The molecular formula is C26H28BrN. The minimum Gasteiger partial charge on any atom is -0.247 e. The van der Waals surface area contributed by atoms with Crippen molar-refractivity contribution in [3.63, 3.8) is 0 Å². The normalized spacial score (nSPS) is 12.1. The average Bonchev–Trinajstić information content (AvgIpc) is 2.66. The first-order chi connectivity index (χ1) is 13.4. The van der Waals surface area contributed by atoms with E-state index in [4.69, 9.17) is 4.99 Å². The molecule has 0 aliphatic rings. The van der Waals surface area contributed by atoms with Crippen molar-refractivity contribution in [2.24, 2.45) is 4.99 Å². The summed E-state index contributed by atoms with van der Waals surface area (Å²) in [7, 11) is 0. The summed E-state index contributed by atoms with van der Waals surface area (Å²) in [6.07, 6.45) is 0. The van der Waals surface area contributed by atoms with Crippen molar-refractivity contribution >= 4 is 27.3 Å². The van der Waals surface area contributed by atoms with Crippen molar-refractivity contribution in [2.75, 3.05) is 0 Å². The molecule has 0 saturated heterocycles. The van der Waals surface area contributed by atoms with E-state index in [9.17, 15) is 0 Å². The highest BCUT2D eigenvalue weighted by molar-refractivity contribution is 9.10. The predicted molar refractivity (Wildman–Crippen MR) is 125 cm³/mol. The molecule has 0 aromatic heterocycles. The Morgan fingerprint density at radius 3 is 1.86 bits per heavy atom. The number of aliphatic imine (C=N–C) groups is 1. The highest BCUT2D eigenvalue weighted by Crippen LogP contribution is 2.36. The predicted octanol–water partition coefficient (Wildman–Crippen LogP) is 8.17. The first kappa shape index (κ1) is 20.5. The maximum Gasteiger partial charge on any atom is 0.0782 e. The quantitative estimate of drug-likeness (QED) is 0.359. The Morgan fingerprint density at radius 1 is 0.750 bits per heavy atom. The van der Waals surface area contributed by atoms with E-state index in [1.54, 1.807) is 0 Å². The minimum absolute atomic E-state index is 0.416. The van der Waals surface area contributed by atoms with Gasteiger partial charge in [-0.1, -0.05) is 104 Å². The lowest BCUT2D eigenvalue weighted by molar-refractivity contribution is 0.834. The van der Waals surface area contributed by atoms with Crippen LogP contribution in [0.5, 0.6) is 0 Å². The molecular weight excluding hydrogens is 406 g/mol. The van der Waals surface area contributed by atoms with Crippen molar-refractivity contribution < 1.29 is 0 Å². The zero-order valence-electron chi connectivity index (χ0n) is 17.3. The van der Waals surface area contributed by atoms with E-state index < -0.39 is 0 Å². The molecule has 3 aromatic carbocycles. The van der Waals surface area contributed by atoms with Crippen LogP contribution in [0.4, 0.5) is 5.69 Å². The van der Waals surface area contributed by atoms with Crippen LogP contribution < -0.4 is 0 Å². The lowest BCUT2D eigenvalue weighted by atomic mass is 9.92. The molecule has 0 atom stereocenters. The largest absolute Gasteiger partial charge is 0.247 e. The van der Waals surface area contributed by atoms with E-state index in [0.717, 1.165) is 27.0 Å². The van der Waals surface area contributed by atoms with Gasteiger partial charge in [-0.15, -0.1) is 0 Å². The van der Waals surface area contributed by atoms with Gasteiger partial charge in [0.1, 0.15) is 0 Å². The summed E-state index contributed by atoms with van der Waals surface area (Å²) < 4.78 is 1.06. The van der Waals surface area contributed by atoms with Gasteiger partial charge >= 0.3 is 0 Å². The molecule has 0 radical (unpaired) electrons. The van der Waals surface area contributed by atoms with Gasteiger partial charge in [0.05, 0.1) is 11.4 Å². The molecule has 0 spiro atoms. The van der Waals surface area contributed by atoms with Crippen molar-refractivity contribution in [1.82, 2.24) is 0 Å². The molecule has 1 nitrogen and oxygen atoms in total. The van der Waals surface area contributed by atoms with Crippen molar-refractivity contribution in [3.05, 3.63) is 99.0 Å². The number of hydrogen-bond acceptors (Lipinski definition) is 1. The molecule has 0 fully saturated rings. The van der Waals surface area contributed by atoms with E-state index in [1.807, 2.05) is 0 Å². The molecule has 0 saturated carbocycles. The number of para-hydroxylation sites is 1. The lowest BCUT2D eigenvalue weighted by Gasteiger charge is -2.18. The summed E-state index contributed by atoms with van der Waals surface area (Å²) in [5.41, 5.74) is 8.22. The molecule has 0 heterocycles. The fourth-order valence-corrected chi connectivity index (χ4v) is 3.79. The van der Waals surface area contributed by atoms with Crippen LogP contribution >= 0.6 is 15.9 Å². The summed E-state index contributed by atoms with van der Waals surface area (Å²) in [5, 5.41) is 0. The number of halogens is 1. The first-order valence-electron chi connectivity index (χ1n) is 9.91. The van der Waals surface area contributed by atoms with Crippen LogP contribution in [0.1, 0.15) is 67.3 Å². The molecule has 0 aliphatic carbocycles. The molecule has 0 amide bonds. The SMILES string of the molecule is Cc1ccc(/C(=N\c2c(C(C)C)cccc2C(C)C)c2cccc(Br)c2)cc1. The third kappa shape index (κ3) is 4.62. The molecule has 0 N–H and O–H groups in total. The Kier molecular flexibility index (Phi) is 6.51. The number of rotatable bonds is 5. The minimum atomic E-state index is 0.416. The van der Waals surface area contributed by atoms with E-state index in [0.29, 0.717) is 11.8 Å². The number of benzene rings is 3. The van der Waals surface area contributed by atoms with Gasteiger partial charge in [0, 0.05) is 15.6 Å². The Hall–Kier alpha value is -2.19. The van der Waals surface area contributed by atoms with Crippen LogP contribution in [0, 0.1) is 6.92 Å². The van der Waals surface area contributed by atoms with Gasteiger partial charge in [-0.3, -0.25) is 0 Å². The van der Waals surface area contributed by atoms with E-state index >= 15 is 0 Å². The van der Waals surface area contributed by atoms with Gasteiger partial charge < -0.3 is 0 Å². The van der Waals surface area contributed by atoms with Gasteiger partial charge in [0.15, 0.2) is 0 Å². The summed E-state index contributed by atoms with van der Waals surface area (Å²) in [4.78, 5) is 5.31. The number of nitrogens with zero attached hydrogens (tertiary/aromatic N) is 1. The van der Waals surface area contributed by atoms with Crippen LogP contribution in [0.25, 0.3) is 0 Å². The monoisotopic (exact) mass is 433 g/mol. The Labute approximate surface area is 177 Å². The fourth-order valence-electron chi connectivity index (χ4n) is 3.40. The van der Waals surface area contributed by atoms with E-state index in [-0.39, 0.29) is 0 Å². The van der Waals surface area contributed by atoms with Gasteiger partial charge in [-0.2, -0.15) is 0 Å². The molecule has 3 aromatic rings. The molecule has 0 bridgehead atoms. The van der Waals surface area contributed by atoms with Crippen molar-refractivity contribution in [3.8, 4) is 0 Å². The van der Waals surface area contributed by atoms with Crippen LogP contribution in [-0.4, -0.2) is 5.71 Å². The zero-order valence-corrected chi connectivity index (χ0v) is 18.9. The van der Waals surface area contributed by atoms with Gasteiger partial charge in [0.25, 0.3) is 0 Å². The average molecular weight is 434 g/mol. The van der Waals surface area contributed by atoms with Crippen LogP contribution in [-0.2, 0) is 0 Å². The number of aryl methyl sites for hydroxylation is 1. The topological polar surface area (TPSA) is 12.4 Å². The zero-order chi connectivity index (χ0) is 20.3. The third-order valence-corrected chi connectivity index (χ3v) is 5.48. The highest BCUT2D eigenvalue weighted by Gasteiger charge is 2.16. The Morgan fingerprint density at radius 2 is 1.32 bits per heavy atom. The summed E-state index contributed by atoms with van der Waals surface area (Å²) in [5.74, 6) is 0.832. The maximum atomic E-state index is 5.31. The van der Waals surface area contributed by atoms with Gasteiger partial charge in [0.2, 0.25) is 0 Å². The fraction of sp³-hybridized carbons (Fsp3) is 0.269. The second-order valence-electron chi connectivity index (χ2n) is 7.93. The molecule has 28 heavy (non-hydrogen) atoms. The maximum absolute atomic E-state index is 5.31.